The summed E-state index contributed by atoms with van der Waals surface area (Å²) in [7, 11) is 0. The quantitative estimate of drug-likeness (QED) is 0.600. The Kier molecular flexibility index (Phi) is 6.74. The van der Waals surface area contributed by atoms with Gasteiger partial charge in [-0.1, -0.05) is 26.0 Å². The Labute approximate surface area is 147 Å². The average Bonchev–Trinajstić information content (AvgIpc) is 2.82. The van der Waals surface area contributed by atoms with Crippen molar-refractivity contribution in [1.29, 1.82) is 0 Å². The Morgan fingerprint density at radius 1 is 1.19 bits per heavy atom. The van der Waals surface area contributed by atoms with E-state index in [9.17, 15) is 0 Å². The molecule has 1 atom stereocenters. The molecule has 1 aromatic carbocycles. The van der Waals surface area contributed by atoms with E-state index in [1.807, 2.05) is 12.1 Å². The summed E-state index contributed by atoms with van der Waals surface area (Å²) in [6, 6.07) is 10.8. The molecule has 0 amide bonds. The van der Waals surface area contributed by atoms with Crippen LogP contribution in [0.4, 0.5) is 0 Å². The van der Waals surface area contributed by atoms with Gasteiger partial charge in [0, 0.05) is 9.35 Å². The molecule has 2 rings (SSSR count). The first-order chi connectivity index (χ1) is 10.2. The molecule has 0 saturated carbocycles. The van der Waals surface area contributed by atoms with Gasteiger partial charge < -0.3 is 10.1 Å². The fourth-order valence-corrected chi connectivity index (χ4v) is 4.26. The molecule has 0 radical (unpaired) electrons. The first kappa shape index (κ1) is 17.0. The van der Waals surface area contributed by atoms with Gasteiger partial charge in [0.25, 0.3) is 0 Å². The van der Waals surface area contributed by atoms with Crippen molar-refractivity contribution in [2.24, 2.45) is 0 Å². The molecule has 1 aromatic heterocycles. The van der Waals surface area contributed by atoms with Gasteiger partial charge in [0.15, 0.2) is 0 Å². The maximum Gasteiger partial charge on any atom is 0.119 e. The highest BCUT2D eigenvalue weighted by Crippen LogP contribution is 2.37. The van der Waals surface area contributed by atoms with Crippen LogP contribution in [0.5, 0.6) is 5.75 Å². The van der Waals surface area contributed by atoms with Crippen molar-refractivity contribution in [2.45, 2.75) is 26.3 Å². The molecule has 0 fully saturated rings. The molecule has 0 bridgehead atoms. The third-order valence-corrected chi connectivity index (χ3v) is 6.36. The molecule has 2 aromatic rings. The summed E-state index contributed by atoms with van der Waals surface area (Å²) >= 11 is 8.89. The van der Waals surface area contributed by atoms with Crippen molar-refractivity contribution in [2.75, 3.05) is 13.2 Å². The maximum atomic E-state index is 5.65. The summed E-state index contributed by atoms with van der Waals surface area (Å²) < 4.78 is 7.88. The molecule has 2 nitrogen and oxygen atoms in total. The summed E-state index contributed by atoms with van der Waals surface area (Å²) in [6.07, 6.45) is 1.03. The van der Waals surface area contributed by atoms with Crippen LogP contribution in [-0.2, 0) is 0 Å². The fraction of sp³-hybridized carbons (Fsp3) is 0.375. The van der Waals surface area contributed by atoms with Crippen molar-refractivity contribution < 1.29 is 4.74 Å². The van der Waals surface area contributed by atoms with Crippen LogP contribution < -0.4 is 10.1 Å². The predicted molar refractivity (Wildman–Crippen MR) is 97.5 cm³/mol. The van der Waals surface area contributed by atoms with Crippen molar-refractivity contribution in [3.05, 3.63) is 49.0 Å². The van der Waals surface area contributed by atoms with E-state index in [1.165, 1.54) is 10.4 Å². The molecular weight excluding hydrogens is 414 g/mol. The number of rotatable bonds is 7. The second kappa shape index (κ2) is 8.32. The molecule has 5 heteroatoms. The normalized spacial score (nSPS) is 12.4. The van der Waals surface area contributed by atoms with Gasteiger partial charge in [0.05, 0.1) is 16.4 Å². The molecule has 0 aliphatic rings. The predicted octanol–water partition coefficient (Wildman–Crippen LogP) is 5.76. The highest BCUT2D eigenvalue weighted by atomic mass is 79.9. The van der Waals surface area contributed by atoms with Gasteiger partial charge in [-0.05, 0) is 68.6 Å². The minimum absolute atomic E-state index is 0.211. The second-order valence-electron chi connectivity index (χ2n) is 4.68. The maximum absolute atomic E-state index is 5.65. The number of hydrogen-bond donors (Lipinski definition) is 1. The van der Waals surface area contributed by atoms with Crippen LogP contribution in [0.2, 0.25) is 0 Å². The number of nitrogens with one attached hydrogen (secondary N) is 1. The Hall–Kier alpha value is -0.360. The van der Waals surface area contributed by atoms with Crippen LogP contribution in [0.1, 0.15) is 36.8 Å². The minimum atomic E-state index is 0.211. The minimum Gasteiger partial charge on any atom is -0.494 e. The van der Waals surface area contributed by atoms with Crippen LogP contribution in [0, 0.1) is 0 Å². The number of ether oxygens (including phenoxy) is 1. The van der Waals surface area contributed by atoms with Gasteiger partial charge in [0.1, 0.15) is 5.75 Å². The SMILES string of the molecule is CCCOc1ccc(C(NCC)c2cc(Br)c(Br)s2)cc1. The Morgan fingerprint density at radius 3 is 2.43 bits per heavy atom. The molecule has 1 heterocycles. The summed E-state index contributed by atoms with van der Waals surface area (Å²) in [4.78, 5) is 1.29. The van der Waals surface area contributed by atoms with Crippen LogP contribution in [0.25, 0.3) is 0 Å². The van der Waals surface area contributed by atoms with Gasteiger partial charge in [-0.25, -0.2) is 0 Å². The topological polar surface area (TPSA) is 21.3 Å². The van der Waals surface area contributed by atoms with E-state index in [0.29, 0.717) is 0 Å². The molecule has 0 saturated heterocycles. The van der Waals surface area contributed by atoms with Gasteiger partial charge in [-0.15, -0.1) is 11.3 Å². The number of halogens is 2. The summed E-state index contributed by atoms with van der Waals surface area (Å²) in [5.41, 5.74) is 1.25. The van der Waals surface area contributed by atoms with Gasteiger partial charge in [-0.2, -0.15) is 0 Å². The summed E-state index contributed by atoms with van der Waals surface area (Å²) in [5, 5.41) is 3.55. The number of thiophene rings is 1. The van der Waals surface area contributed by atoms with Gasteiger partial charge in [0.2, 0.25) is 0 Å². The molecule has 1 N–H and O–H groups in total. The largest absolute Gasteiger partial charge is 0.494 e. The smallest absolute Gasteiger partial charge is 0.119 e. The molecule has 21 heavy (non-hydrogen) atoms. The third kappa shape index (κ3) is 4.55. The van der Waals surface area contributed by atoms with Crippen LogP contribution in [-0.4, -0.2) is 13.2 Å². The molecular formula is C16H19Br2NOS. The zero-order valence-corrected chi connectivity index (χ0v) is 16.1. The van der Waals surface area contributed by atoms with E-state index >= 15 is 0 Å². The summed E-state index contributed by atoms with van der Waals surface area (Å²) in [6.45, 7) is 5.93. The third-order valence-electron chi connectivity index (χ3n) is 3.04. The monoisotopic (exact) mass is 431 g/mol. The zero-order valence-electron chi connectivity index (χ0n) is 12.2. The highest BCUT2D eigenvalue weighted by molar-refractivity contribution is 9.13. The second-order valence-corrected chi connectivity index (χ2v) is 7.93. The molecule has 0 aliphatic heterocycles. The van der Waals surface area contributed by atoms with Crippen molar-refractivity contribution in [1.82, 2.24) is 5.32 Å². The lowest BCUT2D eigenvalue weighted by Gasteiger charge is -2.17. The van der Waals surface area contributed by atoms with E-state index in [1.54, 1.807) is 11.3 Å². The van der Waals surface area contributed by atoms with E-state index in [0.717, 1.165) is 33.6 Å². The van der Waals surface area contributed by atoms with Crippen LogP contribution in [0.3, 0.4) is 0 Å². The highest BCUT2D eigenvalue weighted by Gasteiger charge is 2.17. The van der Waals surface area contributed by atoms with Crippen LogP contribution in [0.15, 0.2) is 38.6 Å². The zero-order chi connectivity index (χ0) is 15.2. The molecule has 114 valence electrons. The lowest BCUT2D eigenvalue weighted by Crippen LogP contribution is -2.21. The lowest BCUT2D eigenvalue weighted by molar-refractivity contribution is 0.317. The standard InChI is InChI=1S/C16H19Br2NOS/c1-3-9-20-12-7-5-11(6-8-12)15(19-4-2)14-10-13(17)16(18)21-14/h5-8,10,15,19H,3-4,9H2,1-2H3. The van der Waals surface area contributed by atoms with Crippen molar-refractivity contribution in [3.63, 3.8) is 0 Å². The first-order valence-corrected chi connectivity index (χ1v) is 9.46. The Balaban J connectivity index is 2.21. The van der Waals surface area contributed by atoms with E-state index in [4.69, 9.17) is 4.74 Å². The average molecular weight is 433 g/mol. The first-order valence-electron chi connectivity index (χ1n) is 7.06. The number of benzene rings is 1. The fourth-order valence-electron chi connectivity index (χ4n) is 2.07. The van der Waals surface area contributed by atoms with Crippen molar-refractivity contribution in [3.8, 4) is 5.75 Å². The van der Waals surface area contributed by atoms with E-state index in [-0.39, 0.29) is 6.04 Å². The lowest BCUT2D eigenvalue weighted by atomic mass is 10.1. The number of hydrogen-bond acceptors (Lipinski definition) is 3. The van der Waals surface area contributed by atoms with Gasteiger partial charge in [-0.3, -0.25) is 0 Å². The van der Waals surface area contributed by atoms with E-state index < -0.39 is 0 Å². The van der Waals surface area contributed by atoms with Crippen LogP contribution >= 0.6 is 43.2 Å². The van der Waals surface area contributed by atoms with Crippen molar-refractivity contribution >= 4 is 43.2 Å². The molecule has 1 unspecified atom stereocenters. The summed E-state index contributed by atoms with van der Waals surface area (Å²) in [5.74, 6) is 0.935. The molecule has 0 aliphatic carbocycles. The Morgan fingerprint density at radius 2 is 1.90 bits per heavy atom. The molecule has 0 spiro atoms. The Bertz CT molecular complexity index is 549. The van der Waals surface area contributed by atoms with Gasteiger partial charge >= 0.3 is 0 Å². The van der Waals surface area contributed by atoms with E-state index in [2.05, 4.69) is 69.2 Å².